The van der Waals surface area contributed by atoms with Crippen LogP contribution in [-0.4, -0.2) is 18.1 Å². The Morgan fingerprint density at radius 1 is 1.36 bits per heavy atom. The van der Waals surface area contributed by atoms with Crippen LogP contribution in [0.4, 0.5) is 0 Å². The van der Waals surface area contributed by atoms with Gasteiger partial charge in [-0.2, -0.15) is 0 Å². The summed E-state index contributed by atoms with van der Waals surface area (Å²) >= 11 is 0. The van der Waals surface area contributed by atoms with E-state index in [0.29, 0.717) is 12.5 Å². The molecule has 0 aromatic heterocycles. The van der Waals surface area contributed by atoms with Crippen LogP contribution in [0.1, 0.15) is 51.2 Å². The molecule has 0 radical (unpaired) electrons. The van der Waals surface area contributed by atoms with Crippen LogP contribution in [0.2, 0.25) is 0 Å². The standard InChI is InChI=1S/C18H29N3O/c1-13-8-9-15(16(10-13)22-18(2,3)4)12-21-17(19)20-11-14-6-5-7-14/h8-10,14H,5-7,11-12H2,1-4H3,(H3,19,20,21). The minimum absolute atomic E-state index is 0.222. The number of nitrogens with zero attached hydrogens (tertiary/aromatic N) is 1. The predicted octanol–water partition coefficient (Wildman–Crippen LogP) is 3.38. The maximum absolute atomic E-state index is 6.04. The van der Waals surface area contributed by atoms with Crippen LogP contribution in [-0.2, 0) is 6.54 Å². The van der Waals surface area contributed by atoms with Crippen LogP contribution >= 0.6 is 0 Å². The van der Waals surface area contributed by atoms with Crippen molar-refractivity contribution in [3.8, 4) is 5.75 Å². The Bertz CT molecular complexity index is 528. The van der Waals surface area contributed by atoms with Gasteiger partial charge in [0.1, 0.15) is 11.4 Å². The summed E-state index contributed by atoms with van der Waals surface area (Å²) in [5, 5.41) is 3.22. The molecule has 1 saturated carbocycles. The molecule has 0 bridgehead atoms. The molecule has 0 unspecified atom stereocenters. The van der Waals surface area contributed by atoms with Crippen molar-refractivity contribution in [1.29, 1.82) is 0 Å². The molecule has 3 N–H and O–H groups in total. The van der Waals surface area contributed by atoms with Crippen molar-refractivity contribution >= 4 is 5.96 Å². The van der Waals surface area contributed by atoms with Gasteiger partial charge in [-0.1, -0.05) is 18.6 Å². The molecule has 122 valence electrons. The molecule has 0 spiro atoms. The van der Waals surface area contributed by atoms with E-state index in [9.17, 15) is 0 Å². The third-order valence-corrected chi connectivity index (χ3v) is 3.86. The summed E-state index contributed by atoms with van der Waals surface area (Å²) in [6.07, 6.45) is 3.96. The molecule has 1 fully saturated rings. The van der Waals surface area contributed by atoms with E-state index in [-0.39, 0.29) is 5.60 Å². The van der Waals surface area contributed by atoms with Gasteiger partial charge in [-0.3, -0.25) is 0 Å². The number of guanidine groups is 1. The molecule has 0 atom stereocenters. The van der Waals surface area contributed by atoms with E-state index in [1.54, 1.807) is 0 Å². The Kier molecular flexibility index (Phi) is 5.33. The van der Waals surface area contributed by atoms with Crippen LogP contribution in [0.15, 0.2) is 23.2 Å². The first-order valence-electron chi connectivity index (χ1n) is 8.16. The third kappa shape index (κ3) is 5.24. The molecule has 0 saturated heterocycles. The van der Waals surface area contributed by atoms with E-state index in [1.165, 1.54) is 24.8 Å². The number of nitrogens with one attached hydrogen (secondary N) is 1. The second-order valence-electron chi connectivity index (χ2n) is 7.20. The molecule has 0 heterocycles. The lowest BCUT2D eigenvalue weighted by Gasteiger charge is -2.25. The molecule has 22 heavy (non-hydrogen) atoms. The molecule has 0 aliphatic heterocycles. The van der Waals surface area contributed by atoms with Gasteiger partial charge in [0.05, 0.1) is 6.54 Å². The van der Waals surface area contributed by atoms with E-state index in [0.717, 1.165) is 23.8 Å². The molecular formula is C18H29N3O. The van der Waals surface area contributed by atoms with Gasteiger partial charge < -0.3 is 15.8 Å². The summed E-state index contributed by atoms with van der Waals surface area (Å²) < 4.78 is 6.04. The maximum atomic E-state index is 6.04. The highest BCUT2D eigenvalue weighted by Crippen LogP contribution is 2.26. The van der Waals surface area contributed by atoms with Gasteiger partial charge in [-0.25, -0.2) is 4.99 Å². The van der Waals surface area contributed by atoms with Crippen LogP contribution in [0, 0.1) is 12.8 Å². The average Bonchev–Trinajstić information content (AvgIpc) is 2.34. The largest absolute Gasteiger partial charge is 0.488 e. The lowest BCUT2D eigenvalue weighted by Crippen LogP contribution is -2.37. The fraction of sp³-hybridized carbons (Fsp3) is 0.611. The summed E-state index contributed by atoms with van der Waals surface area (Å²) in [6.45, 7) is 9.70. The maximum Gasteiger partial charge on any atom is 0.188 e. The molecular weight excluding hydrogens is 274 g/mol. The van der Waals surface area contributed by atoms with E-state index < -0.39 is 0 Å². The van der Waals surface area contributed by atoms with E-state index in [4.69, 9.17) is 10.5 Å². The average molecular weight is 303 g/mol. The monoisotopic (exact) mass is 303 g/mol. The van der Waals surface area contributed by atoms with Gasteiger partial charge in [0.25, 0.3) is 0 Å². The lowest BCUT2D eigenvalue weighted by molar-refractivity contribution is 0.129. The molecule has 2 rings (SSSR count). The zero-order chi connectivity index (χ0) is 16.2. The predicted molar refractivity (Wildman–Crippen MR) is 92.2 cm³/mol. The topological polar surface area (TPSA) is 59.6 Å². The Labute approximate surface area is 134 Å². The van der Waals surface area contributed by atoms with Crippen molar-refractivity contribution in [2.45, 2.75) is 59.1 Å². The molecule has 1 aliphatic carbocycles. The van der Waals surface area contributed by atoms with Crippen LogP contribution in [0.3, 0.4) is 0 Å². The van der Waals surface area contributed by atoms with Crippen molar-refractivity contribution in [3.05, 3.63) is 29.3 Å². The highest BCUT2D eigenvalue weighted by atomic mass is 16.5. The third-order valence-electron chi connectivity index (χ3n) is 3.86. The Balaban J connectivity index is 1.98. The molecule has 1 aromatic rings. The molecule has 4 nitrogen and oxygen atoms in total. The fourth-order valence-electron chi connectivity index (χ4n) is 2.39. The minimum Gasteiger partial charge on any atom is -0.488 e. The Morgan fingerprint density at radius 2 is 2.09 bits per heavy atom. The van der Waals surface area contributed by atoms with Crippen molar-refractivity contribution in [2.24, 2.45) is 16.6 Å². The quantitative estimate of drug-likeness (QED) is 0.647. The normalized spacial score (nSPS) is 16.3. The SMILES string of the molecule is Cc1ccc(CN=C(N)NCC2CCC2)c(OC(C)(C)C)c1. The van der Waals surface area contributed by atoms with Gasteiger partial charge in [-0.15, -0.1) is 0 Å². The zero-order valence-corrected chi connectivity index (χ0v) is 14.3. The van der Waals surface area contributed by atoms with Gasteiger partial charge >= 0.3 is 0 Å². The van der Waals surface area contributed by atoms with Crippen molar-refractivity contribution in [1.82, 2.24) is 5.32 Å². The Hall–Kier alpha value is -1.71. The number of hydrogen-bond acceptors (Lipinski definition) is 2. The highest BCUT2D eigenvalue weighted by Gasteiger charge is 2.17. The molecule has 1 aliphatic rings. The van der Waals surface area contributed by atoms with Crippen LogP contribution in [0.5, 0.6) is 5.75 Å². The summed E-state index contributed by atoms with van der Waals surface area (Å²) in [4.78, 5) is 4.45. The summed E-state index contributed by atoms with van der Waals surface area (Å²) in [6, 6.07) is 6.21. The van der Waals surface area contributed by atoms with Crippen LogP contribution < -0.4 is 15.8 Å². The van der Waals surface area contributed by atoms with Crippen molar-refractivity contribution in [3.63, 3.8) is 0 Å². The summed E-state index contributed by atoms with van der Waals surface area (Å²) in [5.41, 5.74) is 7.98. The smallest absolute Gasteiger partial charge is 0.188 e. The second-order valence-corrected chi connectivity index (χ2v) is 7.20. The van der Waals surface area contributed by atoms with E-state index >= 15 is 0 Å². The summed E-state index contributed by atoms with van der Waals surface area (Å²) in [7, 11) is 0. The number of benzene rings is 1. The zero-order valence-electron chi connectivity index (χ0n) is 14.3. The first-order valence-corrected chi connectivity index (χ1v) is 8.16. The number of hydrogen-bond donors (Lipinski definition) is 2. The van der Waals surface area contributed by atoms with Crippen molar-refractivity contribution < 1.29 is 4.74 Å². The van der Waals surface area contributed by atoms with Crippen molar-refractivity contribution in [2.75, 3.05) is 6.54 Å². The van der Waals surface area contributed by atoms with Gasteiger partial charge in [0.2, 0.25) is 0 Å². The summed E-state index contributed by atoms with van der Waals surface area (Å²) in [5.74, 6) is 2.19. The number of aryl methyl sites for hydroxylation is 1. The minimum atomic E-state index is -0.222. The molecule has 4 heteroatoms. The number of rotatable bonds is 5. The molecule has 0 amide bonds. The van der Waals surface area contributed by atoms with Crippen LogP contribution in [0.25, 0.3) is 0 Å². The van der Waals surface area contributed by atoms with E-state index in [2.05, 4.69) is 56.2 Å². The number of nitrogens with two attached hydrogens (primary N) is 1. The Morgan fingerprint density at radius 3 is 2.68 bits per heavy atom. The second kappa shape index (κ2) is 7.03. The first kappa shape index (κ1) is 16.7. The van der Waals surface area contributed by atoms with Gasteiger partial charge in [0.15, 0.2) is 5.96 Å². The molecule has 1 aromatic carbocycles. The highest BCUT2D eigenvalue weighted by molar-refractivity contribution is 5.77. The first-order chi connectivity index (χ1) is 10.3. The van der Waals surface area contributed by atoms with Gasteiger partial charge in [-0.05, 0) is 58.1 Å². The number of aliphatic imine (C=N–C) groups is 1. The fourth-order valence-corrected chi connectivity index (χ4v) is 2.39. The van der Waals surface area contributed by atoms with E-state index in [1.807, 2.05) is 0 Å². The lowest BCUT2D eigenvalue weighted by atomic mass is 9.85. The number of ether oxygens (including phenoxy) is 1. The van der Waals surface area contributed by atoms with Gasteiger partial charge in [0, 0.05) is 12.1 Å².